The van der Waals surface area contributed by atoms with Crippen LogP contribution in [-0.2, 0) is 11.3 Å². The molecule has 7 heteroatoms. The number of nitrogens with zero attached hydrogens (tertiary/aromatic N) is 1. The number of carboxylic acids is 1. The number of carbonyl (C=O) groups is 2. The number of carboxylic acid groups (broad SMARTS) is 1. The molecule has 1 heterocycles. The summed E-state index contributed by atoms with van der Waals surface area (Å²) in [5.74, 6) is -0.585. The van der Waals surface area contributed by atoms with Crippen molar-refractivity contribution in [2.75, 3.05) is 13.7 Å². The zero-order valence-electron chi connectivity index (χ0n) is 18.4. The smallest absolute Gasteiger partial charge is 0.303 e. The normalized spacial score (nSPS) is 11.0. The van der Waals surface area contributed by atoms with E-state index in [4.69, 9.17) is 14.3 Å². The Balaban J connectivity index is 1.59. The van der Waals surface area contributed by atoms with E-state index in [0.717, 1.165) is 5.56 Å². The maximum absolute atomic E-state index is 14.5. The summed E-state index contributed by atoms with van der Waals surface area (Å²) < 4.78 is 25.6. The van der Waals surface area contributed by atoms with Crippen LogP contribution in [0.15, 0.2) is 77.4 Å². The number of amides is 1. The number of hydrogen-bond acceptors (Lipinski definition) is 4. The highest BCUT2D eigenvalue weighted by Gasteiger charge is 2.17. The number of rotatable bonds is 11. The van der Waals surface area contributed by atoms with Crippen LogP contribution in [0.5, 0.6) is 5.75 Å². The zero-order chi connectivity index (χ0) is 23.6. The van der Waals surface area contributed by atoms with E-state index >= 15 is 0 Å². The fraction of sp³-hybridized carbons (Fsp3) is 0.231. The van der Waals surface area contributed by atoms with E-state index in [1.54, 1.807) is 25.2 Å². The molecule has 0 bridgehead atoms. The molecule has 0 atom stereocenters. The van der Waals surface area contributed by atoms with Crippen molar-refractivity contribution < 1.29 is 28.2 Å². The summed E-state index contributed by atoms with van der Waals surface area (Å²) >= 11 is 0. The van der Waals surface area contributed by atoms with Crippen LogP contribution in [-0.4, -0.2) is 35.5 Å². The first kappa shape index (κ1) is 23.8. The standard InChI is InChI=1S/C26H26FNO5/c1-28(26(31)19-13-14-21(22(27)17-19)24-11-8-16-33-24)18-20-9-5-6-10-23(20)32-15-7-3-2-4-12-25(29)30/h2-3,5-6,8-11,13-14,16-17H,4,7,12,15,18H2,1H3,(H,29,30)/b3-2+. The quantitative estimate of drug-likeness (QED) is 0.306. The largest absolute Gasteiger partial charge is 0.493 e. The van der Waals surface area contributed by atoms with Gasteiger partial charge in [0, 0.05) is 31.1 Å². The summed E-state index contributed by atoms with van der Waals surface area (Å²) in [6.07, 6.45) is 6.42. The summed E-state index contributed by atoms with van der Waals surface area (Å²) in [4.78, 5) is 24.9. The summed E-state index contributed by atoms with van der Waals surface area (Å²) in [6, 6.07) is 15.1. The lowest BCUT2D eigenvalue weighted by atomic mass is 10.1. The van der Waals surface area contributed by atoms with Gasteiger partial charge in [0.25, 0.3) is 5.91 Å². The molecule has 0 aliphatic carbocycles. The lowest BCUT2D eigenvalue weighted by Gasteiger charge is -2.19. The SMILES string of the molecule is CN(Cc1ccccc1OCC/C=C/CCC(=O)O)C(=O)c1ccc(-c2ccco2)c(F)c1. The van der Waals surface area contributed by atoms with Gasteiger partial charge in [-0.2, -0.15) is 0 Å². The van der Waals surface area contributed by atoms with Gasteiger partial charge in [0.1, 0.15) is 17.3 Å². The second kappa shape index (κ2) is 11.7. The second-order valence-electron chi connectivity index (χ2n) is 7.48. The fourth-order valence-electron chi connectivity index (χ4n) is 3.28. The zero-order valence-corrected chi connectivity index (χ0v) is 18.4. The second-order valence-corrected chi connectivity index (χ2v) is 7.48. The number of benzene rings is 2. The minimum atomic E-state index is -0.820. The van der Waals surface area contributed by atoms with Crippen LogP contribution < -0.4 is 4.74 Å². The number of para-hydroxylation sites is 1. The average Bonchev–Trinajstić information content (AvgIpc) is 3.33. The summed E-state index contributed by atoms with van der Waals surface area (Å²) in [7, 11) is 1.66. The molecule has 0 aliphatic rings. The Kier molecular flexibility index (Phi) is 8.41. The fourth-order valence-corrected chi connectivity index (χ4v) is 3.28. The molecule has 3 rings (SSSR count). The van der Waals surface area contributed by atoms with Gasteiger partial charge >= 0.3 is 5.97 Å². The maximum atomic E-state index is 14.5. The average molecular weight is 451 g/mol. The molecule has 0 aliphatic heterocycles. The molecule has 0 unspecified atom stereocenters. The molecule has 0 fully saturated rings. The van der Waals surface area contributed by atoms with Crippen LogP contribution in [0.1, 0.15) is 35.2 Å². The van der Waals surface area contributed by atoms with Crippen LogP contribution in [0, 0.1) is 5.82 Å². The number of allylic oxidation sites excluding steroid dienone is 1. The van der Waals surface area contributed by atoms with Crippen LogP contribution in [0.3, 0.4) is 0 Å². The number of halogens is 1. The molecule has 0 saturated heterocycles. The first-order valence-electron chi connectivity index (χ1n) is 10.6. The van der Waals surface area contributed by atoms with E-state index in [1.165, 1.54) is 23.3 Å². The van der Waals surface area contributed by atoms with Crippen LogP contribution >= 0.6 is 0 Å². The van der Waals surface area contributed by atoms with Gasteiger partial charge in [0.05, 0.1) is 18.4 Å². The van der Waals surface area contributed by atoms with E-state index in [1.807, 2.05) is 36.4 Å². The highest BCUT2D eigenvalue weighted by Crippen LogP contribution is 2.25. The number of carbonyl (C=O) groups excluding carboxylic acids is 1. The van der Waals surface area contributed by atoms with Gasteiger partial charge in [-0.1, -0.05) is 30.4 Å². The molecule has 0 saturated carbocycles. The number of aliphatic carboxylic acids is 1. The van der Waals surface area contributed by atoms with E-state index in [9.17, 15) is 14.0 Å². The lowest BCUT2D eigenvalue weighted by molar-refractivity contribution is -0.136. The first-order valence-corrected chi connectivity index (χ1v) is 10.6. The number of furan rings is 1. The minimum absolute atomic E-state index is 0.107. The molecule has 33 heavy (non-hydrogen) atoms. The molecule has 1 amide bonds. The van der Waals surface area contributed by atoms with Gasteiger partial charge in [-0.3, -0.25) is 9.59 Å². The van der Waals surface area contributed by atoms with Crippen LogP contribution in [0.4, 0.5) is 4.39 Å². The van der Waals surface area contributed by atoms with E-state index < -0.39 is 11.8 Å². The monoisotopic (exact) mass is 451 g/mol. The molecule has 172 valence electrons. The van der Waals surface area contributed by atoms with Crippen molar-refractivity contribution in [2.24, 2.45) is 0 Å². The van der Waals surface area contributed by atoms with Crippen LogP contribution in [0.25, 0.3) is 11.3 Å². The van der Waals surface area contributed by atoms with Gasteiger partial charge in [0.15, 0.2) is 0 Å². The number of ether oxygens (including phenoxy) is 1. The molecule has 0 radical (unpaired) electrons. The molecule has 1 N–H and O–H groups in total. The van der Waals surface area contributed by atoms with E-state index in [2.05, 4.69) is 0 Å². The molecule has 6 nitrogen and oxygen atoms in total. The van der Waals surface area contributed by atoms with Crippen molar-refractivity contribution in [2.45, 2.75) is 25.8 Å². The van der Waals surface area contributed by atoms with Crippen molar-refractivity contribution in [3.63, 3.8) is 0 Å². The molecule has 0 spiro atoms. The Morgan fingerprint density at radius 3 is 2.61 bits per heavy atom. The van der Waals surface area contributed by atoms with Gasteiger partial charge in [-0.05, 0) is 49.2 Å². The third-order valence-corrected chi connectivity index (χ3v) is 4.96. The van der Waals surface area contributed by atoms with Crippen molar-refractivity contribution in [3.05, 3.63) is 90.0 Å². The van der Waals surface area contributed by atoms with Gasteiger partial charge in [-0.25, -0.2) is 4.39 Å². The van der Waals surface area contributed by atoms with Gasteiger partial charge < -0.3 is 19.2 Å². The predicted molar refractivity (Wildman–Crippen MR) is 122 cm³/mol. The summed E-state index contributed by atoms with van der Waals surface area (Å²) in [5, 5.41) is 8.63. The highest BCUT2D eigenvalue weighted by atomic mass is 19.1. The number of hydrogen-bond donors (Lipinski definition) is 1. The molecule has 2 aromatic carbocycles. The first-order chi connectivity index (χ1) is 16.0. The van der Waals surface area contributed by atoms with E-state index in [0.29, 0.717) is 43.1 Å². The third-order valence-electron chi connectivity index (χ3n) is 4.96. The molecule has 3 aromatic rings. The van der Waals surface area contributed by atoms with Crippen molar-refractivity contribution in [3.8, 4) is 17.1 Å². The Labute approximate surface area is 191 Å². The Bertz CT molecular complexity index is 1110. The summed E-state index contributed by atoms with van der Waals surface area (Å²) in [5.41, 5.74) is 1.38. The molecule has 1 aromatic heterocycles. The van der Waals surface area contributed by atoms with Crippen molar-refractivity contribution >= 4 is 11.9 Å². The van der Waals surface area contributed by atoms with Gasteiger partial charge in [0.2, 0.25) is 0 Å². The Morgan fingerprint density at radius 1 is 1.09 bits per heavy atom. The molecular formula is C26H26FNO5. The Morgan fingerprint density at radius 2 is 1.88 bits per heavy atom. The minimum Gasteiger partial charge on any atom is -0.493 e. The Hall–Kier alpha value is -3.87. The third kappa shape index (κ3) is 6.80. The van der Waals surface area contributed by atoms with Crippen LogP contribution in [0.2, 0.25) is 0 Å². The van der Waals surface area contributed by atoms with Crippen molar-refractivity contribution in [1.82, 2.24) is 4.90 Å². The molecular weight excluding hydrogens is 425 g/mol. The topological polar surface area (TPSA) is 80.0 Å². The highest BCUT2D eigenvalue weighted by molar-refractivity contribution is 5.94. The van der Waals surface area contributed by atoms with Crippen molar-refractivity contribution in [1.29, 1.82) is 0 Å². The lowest BCUT2D eigenvalue weighted by Crippen LogP contribution is -2.26. The predicted octanol–water partition coefficient (Wildman–Crippen LogP) is 5.55. The van der Waals surface area contributed by atoms with E-state index in [-0.39, 0.29) is 17.9 Å². The maximum Gasteiger partial charge on any atom is 0.303 e. The van der Waals surface area contributed by atoms with Gasteiger partial charge in [-0.15, -0.1) is 0 Å². The summed E-state index contributed by atoms with van der Waals surface area (Å²) in [6.45, 7) is 0.725.